The highest BCUT2D eigenvalue weighted by Gasteiger charge is 2.15. The van der Waals surface area contributed by atoms with E-state index in [0.29, 0.717) is 22.6 Å². The zero-order chi connectivity index (χ0) is 19.4. The lowest BCUT2D eigenvalue weighted by Crippen LogP contribution is -2.28. The molecule has 7 heteroatoms. The van der Waals surface area contributed by atoms with E-state index in [-0.39, 0.29) is 18.0 Å². The Hall–Kier alpha value is -3.16. The summed E-state index contributed by atoms with van der Waals surface area (Å²) in [5.74, 6) is 1.41. The van der Waals surface area contributed by atoms with Gasteiger partial charge in [-0.25, -0.2) is 18.1 Å². The maximum absolute atomic E-state index is 12.6. The van der Waals surface area contributed by atoms with Crippen LogP contribution in [-0.4, -0.2) is 31.5 Å². The predicted octanol–water partition coefficient (Wildman–Crippen LogP) is 3.59. The van der Waals surface area contributed by atoms with Gasteiger partial charge in [0.1, 0.15) is 18.2 Å². The molecule has 1 aromatic heterocycles. The monoisotopic (exact) mass is 393 g/mol. The average molecular weight is 393 g/mol. The normalized spacial score (nSPS) is 11.6. The lowest BCUT2D eigenvalue weighted by molar-refractivity contribution is 0.323. The van der Waals surface area contributed by atoms with Crippen molar-refractivity contribution in [1.82, 2.24) is 14.7 Å². The molecule has 0 spiro atoms. The highest BCUT2D eigenvalue weighted by atomic mass is 32.2. The molecule has 0 fully saturated rings. The molecule has 28 heavy (non-hydrogen) atoms. The van der Waals surface area contributed by atoms with Crippen LogP contribution in [0.3, 0.4) is 0 Å². The van der Waals surface area contributed by atoms with Crippen LogP contribution in [0.15, 0.2) is 83.8 Å². The van der Waals surface area contributed by atoms with E-state index in [1.165, 1.54) is 0 Å². The van der Waals surface area contributed by atoms with Crippen LogP contribution in [-0.2, 0) is 10.0 Å². The van der Waals surface area contributed by atoms with Crippen molar-refractivity contribution in [3.8, 4) is 17.1 Å². The Kier molecular flexibility index (Phi) is 5.10. The number of para-hydroxylation sites is 1. The zero-order valence-corrected chi connectivity index (χ0v) is 15.8. The van der Waals surface area contributed by atoms with Crippen molar-refractivity contribution in [3.05, 3.63) is 78.9 Å². The van der Waals surface area contributed by atoms with Crippen LogP contribution in [0, 0.1) is 0 Å². The third kappa shape index (κ3) is 4.05. The maximum Gasteiger partial charge on any atom is 0.240 e. The molecular formula is C21H19N3O3S. The van der Waals surface area contributed by atoms with Crippen LogP contribution in [0.4, 0.5) is 0 Å². The molecule has 1 heterocycles. The predicted molar refractivity (Wildman–Crippen MR) is 109 cm³/mol. The van der Waals surface area contributed by atoms with Crippen molar-refractivity contribution >= 4 is 21.1 Å². The van der Waals surface area contributed by atoms with E-state index in [1.807, 2.05) is 60.7 Å². The largest absolute Gasteiger partial charge is 0.492 e. The summed E-state index contributed by atoms with van der Waals surface area (Å²) in [5.41, 5.74) is 2.33. The molecule has 0 aliphatic rings. The number of rotatable bonds is 7. The molecule has 0 aliphatic carbocycles. The third-order valence-electron chi connectivity index (χ3n) is 4.22. The summed E-state index contributed by atoms with van der Waals surface area (Å²) in [6.07, 6.45) is 0. The van der Waals surface area contributed by atoms with Gasteiger partial charge in [0.2, 0.25) is 10.0 Å². The number of imidazole rings is 1. The number of hydrogen-bond acceptors (Lipinski definition) is 4. The van der Waals surface area contributed by atoms with Gasteiger partial charge in [0.25, 0.3) is 0 Å². The molecule has 0 saturated heterocycles. The van der Waals surface area contributed by atoms with Crippen LogP contribution in [0.2, 0.25) is 0 Å². The fraction of sp³-hybridized carbons (Fsp3) is 0.0952. The van der Waals surface area contributed by atoms with Gasteiger partial charge in [0.05, 0.1) is 15.9 Å². The fourth-order valence-corrected chi connectivity index (χ4v) is 3.87. The Labute approximate surface area is 163 Å². The van der Waals surface area contributed by atoms with Gasteiger partial charge in [-0.2, -0.15) is 0 Å². The number of sulfonamides is 1. The summed E-state index contributed by atoms with van der Waals surface area (Å²) in [6, 6.07) is 23.8. The van der Waals surface area contributed by atoms with Crippen molar-refractivity contribution in [2.24, 2.45) is 0 Å². The second kappa shape index (κ2) is 7.84. The lowest BCUT2D eigenvalue weighted by Gasteiger charge is -2.08. The van der Waals surface area contributed by atoms with Gasteiger partial charge in [-0.05, 0) is 30.3 Å². The van der Waals surface area contributed by atoms with Gasteiger partial charge >= 0.3 is 0 Å². The number of benzene rings is 3. The molecule has 4 aromatic rings. The second-order valence-electron chi connectivity index (χ2n) is 6.19. The van der Waals surface area contributed by atoms with E-state index in [2.05, 4.69) is 14.7 Å². The number of aromatic nitrogens is 2. The Morgan fingerprint density at radius 3 is 2.39 bits per heavy atom. The number of nitrogens with zero attached hydrogens (tertiary/aromatic N) is 1. The molecule has 2 N–H and O–H groups in total. The van der Waals surface area contributed by atoms with E-state index in [4.69, 9.17) is 4.74 Å². The molecular weight excluding hydrogens is 374 g/mol. The van der Waals surface area contributed by atoms with Crippen LogP contribution >= 0.6 is 0 Å². The SMILES string of the molecule is O=S(=O)(NCCOc1ccccc1)c1ccc2nc(-c3ccccc3)[nH]c2c1. The van der Waals surface area contributed by atoms with Gasteiger partial charge in [0, 0.05) is 12.1 Å². The van der Waals surface area contributed by atoms with Gasteiger partial charge < -0.3 is 9.72 Å². The first kappa shape index (κ1) is 18.2. The second-order valence-corrected chi connectivity index (χ2v) is 7.96. The van der Waals surface area contributed by atoms with Crippen molar-refractivity contribution in [2.45, 2.75) is 4.90 Å². The molecule has 4 rings (SSSR count). The van der Waals surface area contributed by atoms with Crippen molar-refractivity contribution in [1.29, 1.82) is 0 Å². The molecule has 3 aromatic carbocycles. The van der Waals surface area contributed by atoms with Crippen LogP contribution in [0.1, 0.15) is 0 Å². The summed E-state index contributed by atoms with van der Waals surface area (Å²) in [5, 5.41) is 0. The first-order valence-corrected chi connectivity index (χ1v) is 10.3. The Bertz CT molecular complexity index is 1170. The number of nitrogens with one attached hydrogen (secondary N) is 2. The number of H-pyrrole nitrogens is 1. The van der Waals surface area contributed by atoms with Gasteiger partial charge in [0.15, 0.2) is 0 Å². The van der Waals surface area contributed by atoms with Gasteiger partial charge in [-0.15, -0.1) is 0 Å². The highest BCUT2D eigenvalue weighted by Crippen LogP contribution is 2.22. The minimum atomic E-state index is -3.64. The number of hydrogen-bond donors (Lipinski definition) is 2. The number of fused-ring (bicyclic) bond motifs is 1. The zero-order valence-electron chi connectivity index (χ0n) is 15.0. The standard InChI is InChI=1S/C21H19N3O3S/c25-28(26,22-13-14-27-17-9-5-2-6-10-17)18-11-12-19-20(15-18)24-21(23-19)16-7-3-1-4-8-16/h1-12,15,22H,13-14H2,(H,23,24). The molecule has 0 amide bonds. The minimum Gasteiger partial charge on any atom is -0.492 e. The van der Waals surface area contributed by atoms with Crippen molar-refractivity contribution < 1.29 is 13.2 Å². The Balaban J connectivity index is 1.46. The van der Waals surface area contributed by atoms with E-state index >= 15 is 0 Å². The summed E-state index contributed by atoms with van der Waals surface area (Å²) < 4.78 is 33.2. The van der Waals surface area contributed by atoms with E-state index in [1.54, 1.807) is 18.2 Å². The molecule has 142 valence electrons. The lowest BCUT2D eigenvalue weighted by atomic mass is 10.2. The summed E-state index contributed by atoms with van der Waals surface area (Å²) in [6.45, 7) is 0.418. The molecule has 0 atom stereocenters. The number of ether oxygens (including phenoxy) is 1. The van der Waals surface area contributed by atoms with Gasteiger partial charge in [-0.1, -0.05) is 48.5 Å². The molecule has 0 radical (unpaired) electrons. The highest BCUT2D eigenvalue weighted by molar-refractivity contribution is 7.89. The fourth-order valence-electron chi connectivity index (χ4n) is 2.83. The van der Waals surface area contributed by atoms with Crippen LogP contribution < -0.4 is 9.46 Å². The van der Waals surface area contributed by atoms with Crippen LogP contribution in [0.5, 0.6) is 5.75 Å². The first-order chi connectivity index (χ1) is 13.6. The van der Waals surface area contributed by atoms with E-state index in [0.717, 1.165) is 5.56 Å². The minimum absolute atomic E-state index is 0.174. The molecule has 0 saturated carbocycles. The Morgan fingerprint density at radius 1 is 0.929 bits per heavy atom. The van der Waals surface area contributed by atoms with Gasteiger partial charge in [-0.3, -0.25) is 0 Å². The smallest absolute Gasteiger partial charge is 0.240 e. The van der Waals surface area contributed by atoms with Crippen molar-refractivity contribution in [2.75, 3.05) is 13.2 Å². The van der Waals surface area contributed by atoms with E-state index in [9.17, 15) is 8.42 Å². The summed E-state index contributed by atoms with van der Waals surface area (Å²) in [7, 11) is -3.64. The van der Waals surface area contributed by atoms with Crippen molar-refractivity contribution in [3.63, 3.8) is 0 Å². The molecule has 0 aliphatic heterocycles. The average Bonchev–Trinajstić information content (AvgIpc) is 3.16. The molecule has 0 bridgehead atoms. The Morgan fingerprint density at radius 2 is 1.64 bits per heavy atom. The molecule has 0 unspecified atom stereocenters. The summed E-state index contributed by atoms with van der Waals surface area (Å²) >= 11 is 0. The molecule has 6 nitrogen and oxygen atoms in total. The maximum atomic E-state index is 12.6. The number of aromatic amines is 1. The third-order valence-corrected chi connectivity index (χ3v) is 5.68. The topological polar surface area (TPSA) is 84.1 Å². The quantitative estimate of drug-likeness (QED) is 0.470. The summed E-state index contributed by atoms with van der Waals surface area (Å²) in [4.78, 5) is 7.89. The van der Waals surface area contributed by atoms with Crippen LogP contribution in [0.25, 0.3) is 22.4 Å². The first-order valence-electron chi connectivity index (χ1n) is 8.84. The van der Waals surface area contributed by atoms with E-state index < -0.39 is 10.0 Å².